The molecule has 0 aliphatic carbocycles. The summed E-state index contributed by atoms with van der Waals surface area (Å²) in [6.45, 7) is 3.96. The quantitative estimate of drug-likeness (QED) is 0.743. The number of rotatable bonds is 3. The minimum Gasteiger partial charge on any atom is -0.436 e. The Bertz CT molecular complexity index is 969. The smallest absolute Gasteiger partial charge is 0.322 e. The van der Waals surface area contributed by atoms with Gasteiger partial charge >= 0.3 is 6.03 Å². The fraction of sp³-hybridized carbons (Fsp3) is 0.300. The summed E-state index contributed by atoms with van der Waals surface area (Å²) in [4.78, 5) is 18.7. The van der Waals surface area contributed by atoms with Crippen LogP contribution in [0.4, 0.5) is 10.5 Å². The van der Waals surface area contributed by atoms with E-state index in [1.165, 1.54) is 0 Å². The Kier molecular flexibility index (Phi) is 4.79. The fourth-order valence-corrected chi connectivity index (χ4v) is 3.15. The third-order valence-electron chi connectivity index (χ3n) is 4.59. The van der Waals surface area contributed by atoms with E-state index in [1.807, 2.05) is 43.3 Å². The molecule has 0 saturated carbocycles. The van der Waals surface area contributed by atoms with Crippen molar-refractivity contribution in [2.75, 3.05) is 31.6 Å². The second-order valence-corrected chi connectivity index (χ2v) is 6.68. The van der Waals surface area contributed by atoms with Crippen molar-refractivity contribution < 1.29 is 13.9 Å². The standard InChI is InChI=1S/C20H22N4O3/c1-13-3-2-4-14(9-13)19-23-17-6-5-15(10-18(17)27-19)22-20(25)24-7-8-26-16(11-21)12-24/h2-6,9-10,16H,7-8,11-12,21H2,1H3,(H,22,25)/t16-/m1/s1. The van der Waals surface area contributed by atoms with Gasteiger partial charge in [-0.2, -0.15) is 0 Å². The minimum atomic E-state index is -0.172. The van der Waals surface area contributed by atoms with E-state index in [0.29, 0.717) is 43.4 Å². The Hall–Kier alpha value is -2.90. The number of hydrogen-bond acceptors (Lipinski definition) is 5. The predicted octanol–water partition coefficient (Wildman–Crippen LogP) is 2.99. The van der Waals surface area contributed by atoms with Crippen LogP contribution in [0.3, 0.4) is 0 Å². The molecule has 0 unspecified atom stereocenters. The van der Waals surface area contributed by atoms with Crippen molar-refractivity contribution >= 4 is 22.8 Å². The highest BCUT2D eigenvalue weighted by molar-refractivity contribution is 5.92. The summed E-state index contributed by atoms with van der Waals surface area (Å²) in [7, 11) is 0. The van der Waals surface area contributed by atoms with Gasteiger partial charge in [0.25, 0.3) is 0 Å². The van der Waals surface area contributed by atoms with Crippen molar-refractivity contribution in [3.8, 4) is 11.5 Å². The molecule has 140 valence electrons. The Labute approximate surface area is 157 Å². The molecule has 1 aliphatic rings. The van der Waals surface area contributed by atoms with E-state index in [9.17, 15) is 4.79 Å². The molecule has 2 aromatic carbocycles. The van der Waals surface area contributed by atoms with E-state index in [4.69, 9.17) is 14.9 Å². The number of anilines is 1. The van der Waals surface area contributed by atoms with Crippen LogP contribution in [0.15, 0.2) is 46.9 Å². The largest absolute Gasteiger partial charge is 0.436 e. The highest BCUT2D eigenvalue weighted by Gasteiger charge is 2.23. The number of benzene rings is 2. The molecule has 2 heterocycles. The van der Waals surface area contributed by atoms with Gasteiger partial charge in [-0.3, -0.25) is 0 Å². The first kappa shape index (κ1) is 17.5. The Balaban J connectivity index is 1.52. The van der Waals surface area contributed by atoms with Crippen LogP contribution in [0.5, 0.6) is 0 Å². The summed E-state index contributed by atoms with van der Waals surface area (Å²) in [6.07, 6.45) is -0.113. The van der Waals surface area contributed by atoms with Gasteiger partial charge in [0, 0.05) is 37.0 Å². The number of nitrogens with two attached hydrogens (primary N) is 1. The zero-order valence-electron chi connectivity index (χ0n) is 15.1. The molecule has 2 amide bonds. The average Bonchev–Trinajstić information content (AvgIpc) is 3.11. The number of aromatic nitrogens is 1. The van der Waals surface area contributed by atoms with Crippen molar-refractivity contribution in [2.45, 2.75) is 13.0 Å². The molecular formula is C20H22N4O3. The minimum absolute atomic E-state index is 0.113. The third kappa shape index (κ3) is 3.79. The van der Waals surface area contributed by atoms with Gasteiger partial charge in [-0.25, -0.2) is 9.78 Å². The van der Waals surface area contributed by atoms with Crippen LogP contribution in [0.1, 0.15) is 5.56 Å². The van der Waals surface area contributed by atoms with Crippen molar-refractivity contribution in [1.29, 1.82) is 0 Å². The summed E-state index contributed by atoms with van der Waals surface area (Å²) in [5.74, 6) is 0.566. The van der Waals surface area contributed by atoms with Crippen LogP contribution >= 0.6 is 0 Å². The molecule has 27 heavy (non-hydrogen) atoms. The maximum absolute atomic E-state index is 12.5. The van der Waals surface area contributed by atoms with Crippen LogP contribution in [0.2, 0.25) is 0 Å². The second-order valence-electron chi connectivity index (χ2n) is 6.68. The van der Waals surface area contributed by atoms with E-state index in [1.54, 1.807) is 11.0 Å². The van der Waals surface area contributed by atoms with Gasteiger partial charge in [-0.15, -0.1) is 0 Å². The van der Waals surface area contributed by atoms with Gasteiger partial charge in [0.1, 0.15) is 5.52 Å². The summed E-state index contributed by atoms with van der Waals surface area (Å²) < 4.78 is 11.4. The van der Waals surface area contributed by atoms with E-state index in [-0.39, 0.29) is 12.1 Å². The lowest BCUT2D eigenvalue weighted by molar-refractivity contribution is -0.00660. The SMILES string of the molecule is Cc1cccc(-c2nc3ccc(NC(=O)N4CCO[C@H](CN)C4)cc3o2)c1. The fourth-order valence-electron chi connectivity index (χ4n) is 3.15. The molecule has 1 saturated heterocycles. The topological polar surface area (TPSA) is 93.6 Å². The van der Waals surface area contributed by atoms with Crippen LogP contribution in [0, 0.1) is 6.92 Å². The van der Waals surface area contributed by atoms with Gasteiger partial charge in [0.2, 0.25) is 5.89 Å². The maximum Gasteiger partial charge on any atom is 0.322 e. The summed E-state index contributed by atoms with van der Waals surface area (Å²) in [6, 6.07) is 13.3. The normalized spacial score (nSPS) is 17.3. The number of nitrogens with zero attached hydrogens (tertiary/aromatic N) is 2. The monoisotopic (exact) mass is 366 g/mol. The lowest BCUT2D eigenvalue weighted by atomic mass is 10.1. The lowest BCUT2D eigenvalue weighted by Gasteiger charge is -2.32. The summed E-state index contributed by atoms with van der Waals surface area (Å²) >= 11 is 0. The van der Waals surface area contributed by atoms with Crippen molar-refractivity contribution in [3.63, 3.8) is 0 Å². The number of oxazole rings is 1. The molecule has 1 aliphatic heterocycles. The molecule has 4 rings (SSSR count). The van der Waals surface area contributed by atoms with E-state index < -0.39 is 0 Å². The highest BCUT2D eigenvalue weighted by atomic mass is 16.5. The van der Waals surface area contributed by atoms with E-state index in [0.717, 1.165) is 16.6 Å². The molecule has 3 N–H and O–H groups in total. The molecule has 7 heteroatoms. The first-order chi connectivity index (χ1) is 13.1. The number of aryl methyl sites for hydroxylation is 1. The molecule has 1 fully saturated rings. The maximum atomic E-state index is 12.5. The number of fused-ring (bicyclic) bond motifs is 1. The molecule has 1 aromatic heterocycles. The van der Waals surface area contributed by atoms with Crippen LogP contribution in [-0.4, -0.2) is 48.3 Å². The van der Waals surface area contributed by atoms with E-state index >= 15 is 0 Å². The number of amides is 2. The van der Waals surface area contributed by atoms with Gasteiger partial charge in [0.15, 0.2) is 5.58 Å². The van der Waals surface area contributed by atoms with Crippen LogP contribution in [0.25, 0.3) is 22.6 Å². The summed E-state index contributed by atoms with van der Waals surface area (Å²) in [5, 5.41) is 2.91. The number of ether oxygens (including phenoxy) is 1. The van der Waals surface area contributed by atoms with Gasteiger partial charge in [-0.05, 0) is 31.2 Å². The number of carbonyl (C=O) groups excluding carboxylic acids is 1. The zero-order valence-corrected chi connectivity index (χ0v) is 15.1. The Morgan fingerprint density at radius 3 is 3.04 bits per heavy atom. The Morgan fingerprint density at radius 2 is 2.22 bits per heavy atom. The van der Waals surface area contributed by atoms with Gasteiger partial charge in [0.05, 0.1) is 12.7 Å². The Morgan fingerprint density at radius 1 is 1.33 bits per heavy atom. The van der Waals surface area contributed by atoms with Crippen molar-refractivity contribution in [1.82, 2.24) is 9.88 Å². The molecule has 0 spiro atoms. The molecule has 0 radical (unpaired) electrons. The highest BCUT2D eigenvalue weighted by Crippen LogP contribution is 2.27. The zero-order chi connectivity index (χ0) is 18.8. The molecule has 0 bridgehead atoms. The first-order valence-corrected chi connectivity index (χ1v) is 8.97. The third-order valence-corrected chi connectivity index (χ3v) is 4.59. The lowest BCUT2D eigenvalue weighted by Crippen LogP contribution is -2.49. The second kappa shape index (κ2) is 7.38. The van der Waals surface area contributed by atoms with E-state index in [2.05, 4.69) is 10.3 Å². The number of hydrogen-bond donors (Lipinski definition) is 2. The number of carbonyl (C=O) groups is 1. The average molecular weight is 366 g/mol. The van der Waals surface area contributed by atoms with Crippen LogP contribution in [-0.2, 0) is 4.74 Å². The van der Waals surface area contributed by atoms with Gasteiger partial charge < -0.3 is 25.1 Å². The van der Waals surface area contributed by atoms with Crippen LogP contribution < -0.4 is 11.1 Å². The number of nitrogens with one attached hydrogen (secondary N) is 1. The molecule has 1 atom stereocenters. The van der Waals surface area contributed by atoms with Gasteiger partial charge in [-0.1, -0.05) is 17.7 Å². The predicted molar refractivity (Wildman–Crippen MR) is 104 cm³/mol. The summed E-state index contributed by atoms with van der Waals surface area (Å²) in [5.41, 5.74) is 9.75. The molecule has 3 aromatic rings. The number of urea groups is 1. The van der Waals surface area contributed by atoms with Crippen molar-refractivity contribution in [3.05, 3.63) is 48.0 Å². The molecular weight excluding hydrogens is 344 g/mol. The van der Waals surface area contributed by atoms with Crippen molar-refractivity contribution in [2.24, 2.45) is 5.73 Å². The molecule has 7 nitrogen and oxygen atoms in total. The first-order valence-electron chi connectivity index (χ1n) is 8.97. The number of morpholine rings is 1.